The first-order chi connectivity index (χ1) is 9.63. The summed E-state index contributed by atoms with van der Waals surface area (Å²) in [6.45, 7) is 5.07. The molecule has 1 aliphatic heterocycles. The summed E-state index contributed by atoms with van der Waals surface area (Å²) in [5.41, 5.74) is 8.70. The molecule has 4 heteroatoms. The zero-order valence-electron chi connectivity index (χ0n) is 12.8. The van der Waals surface area contributed by atoms with E-state index in [2.05, 4.69) is 24.0 Å². The highest BCUT2D eigenvalue weighted by Crippen LogP contribution is 2.26. The number of rotatable bonds is 5. The molecule has 1 aromatic rings. The summed E-state index contributed by atoms with van der Waals surface area (Å²) < 4.78 is 10.8. The maximum atomic E-state index is 6.39. The molecule has 1 unspecified atom stereocenters. The first-order valence-corrected chi connectivity index (χ1v) is 7.29. The van der Waals surface area contributed by atoms with Gasteiger partial charge in [0.2, 0.25) is 0 Å². The Labute approximate surface area is 121 Å². The molecule has 1 aromatic carbocycles. The lowest BCUT2D eigenvalue weighted by molar-refractivity contribution is 0.0394. The van der Waals surface area contributed by atoms with E-state index >= 15 is 0 Å². The van der Waals surface area contributed by atoms with E-state index in [4.69, 9.17) is 15.2 Å². The van der Waals surface area contributed by atoms with Crippen LogP contribution in [0.5, 0.6) is 5.75 Å². The van der Waals surface area contributed by atoms with Crippen molar-refractivity contribution in [2.45, 2.75) is 31.9 Å². The number of benzene rings is 1. The number of nitrogens with two attached hydrogens (primary N) is 1. The van der Waals surface area contributed by atoms with Crippen molar-refractivity contribution in [1.29, 1.82) is 0 Å². The number of piperidine rings is 1. The Balaban J connectivity index is 1.98. The second-order valence-corrected chi connectivity index (χ2v) is 5.59. The summed E-state index contributed by atoms with van der Waals surface area (Å²) in [7, 11) is 3.49. The van der Waals surface area contributed by atoms with Crippen LogP contribution in [0, 0.1) is 6.92 Å². The molecule has 0 bridgehead atoms. The summed E-state index contributed by atoms with van der Waals surface area (Å²) in [4.78, 5) is 2.42. The molecule has 1 atom stereocenters. The SMILES string of the molecule is COc1ccc(C)cc1C(N)CN1CCC(OC)CC1. The minimum absolute atomic E-state index is 0.0102. The van der Waals surface area contributed by atoms with Gasteiger partial charge in [-0.1, -0.05) is 17.7 Å². The predicted octanol–water partition coefficient (Wildman–Crippen LogP) is 2.11. The van der Waals surface area contributed by atoms with Gasteiger partial charge in [0.15, 0.2) is 0 Å². The lowest BCUT2D eigenvalue weighted by atomic mass is 10.0. The molecule has 20 heavy (non-hydrogen) atoms. The highest BCUT2D eigenvalue weighted by atomic mass is 16.5. The van der Waals surface area contributed by atoms with Crippen LogP contribution in [-0.4, -0.2) is 44.9 Å². The highest BCUT2D eigenvalue weighted by molar-refractivity contribution is 5.39. The number of ether oxygens (including phenoxy) is 2. The molecule has 4 nitrogen and oxygen atoms in total. The fourth-order valence-electron chi connectivity index (χ4n) is 2.85. The van der Waals surface area contributed by atoms with Crippen LogP contribution in [-0.2, 0) is 4.74 Å². The van der Waals surface area contributed by atoms with Crippen molar-refractivity contribution in [2.24, 2.45) is 5.73 Å². The molecule has 1 heterocycles. The molecule has 0 radical (unpaired) electrons. The van der Waals surface area contributed by atoms with E-state index in [1.54, 1.807) is 14.2 Å². The van der Waals surface area contributed by atoms with E-state index in [0.29, 0.717) is 6.10 Å². The van der Waals surface area contributed by atoms with Crippen molar-refractivity contribution >= 4 is 0 Å². The van der Waals surface area contributed by atoms with Crippen molar-refractivity contribution in [1.82, 2.24) is 4.90 Å². The lowest BCUT2D eigenvalue weighted by Gasteiger charge is -2.33. The van der Waals surface area contributed by atoms with E-state index in [-0.39, 0.29) is 6.04 Å². The average Bonchev–Trinajstić information content (AvgIpc) is 2.48. The van der Waals surface area contributed by atoms with Gasteiger partial charge in [0, 0.05) is 38.3 Å². The smallest absolute Gasteiger partial charge is 0.123 e. The Morgan fingerprint density at radius 2 is 2.00 bits per heavy atom. The van der Waals surface area contributed by atoms with Gasteiger partial charge in [-0.2, -0.15) is 0 Å². The fourth-order valence-corrected chi connectivity index (χ4v) is 2.85. The van der Waals surface area contributed by atoms with Crippen LogP contribution in [0.2, 0.25) is 0 Å². The van der Waals surface area contributed by atoms with E-state index in [1.165, 1.54) is 5.56 Å². The number of likely N-dealkylation sites (tertiary alicyclic amines) is 1. The molecule has 0 aromatic heterocycles. The predicted molar refractivity (Wildman–Crippen MR) is 81.1 cm³/mol. The third kappa shape index (κ3) is 3.72. The lowest BCUT2D eigenvalue weighted by Crippen LogP contribution is -2.40. The molecule has 112 valence electrons. The van der Waals surface area contributed by atoms with Crippen molar-refractivity contribution in [3.05, 3.63) is 29.3 Å². The Kier molecular flexibility index (Phi) is 5.40. The molecule has 0 spiro atoms. The van der Waals surface area contributed by atoms with Crippen molar-refractivity contribution < 1.29 is 9.47 Å². The van der Waals surface area contributed by atoms with Gasteiger partial charge in [-0.25, -0.2) is 0 Å². The number of methoxy groups -OCH3 is 2. The van der Waals surface area contributed by atoms with Gasteiger partial charge in [-0.05, 0) is 25.8 Å². The molecule has 1 saturated heterocycles. The van der Waals surface area contributed by atoms with Crippen LogP contribution in [0.1, 0.15) is 30.0 Å². The van der Waals surface area contributed by atoms with Gasteiger partial charge in [0.1, 0.15) is 5.75 Å². The van der Waals surface area contributed by atoms with Crippen LogP contribution in [0.3, 0.4) is 0 Å². The first kappa shape index (κ1) is 15.3. The zero-order chi connectivity index (χ0) is 14.5. The number of nitrogens with zero attached hydrogens (tertiary/aromatic N) is 1. The third-order valence-electron chi connectivity index (χ3n) is 4.11. The van der Waals surface area contributed by atoms with Crippen molar-refractivity contribution in [2.75, 3.05) is 33.9 Å². The second kappa shape index (κ2) is 7.07. The van der Waals surface area contributed by atoms with Crippen LogP contribution in [0.4, 0.5) is 0 Å². The molecule has 0 aliphatic carbocycles. The summed E-state index contributed by atoms with van der Waals surface area (Å²) >= 11 is 0. The highest BCUT2D eigenvalue weighted by Gasteiger charge is 2.22. The van der Waals surface area contributed by atoms with E-state index in [0.717, 1.165) is 43.8 Å². The molecule has 0 saturated carbocycles. The monoisotopic (exact) mass is 278 g/mol. The van der Waals surface area contributed by atoms with Crippen molar-refractivity contribution in [3.63, 3.8) is 0 Å². The first-order valence-electron chi connectivity index (χ1n) is 7.29. The minimum atomic E-state index is -0.0102. The van der Waals surface area contributed by atoms with Crippen LogP contribution >= 0.6 is 0 Å². The summed E-state index contributed by atoms with van der Waals surface area (Å²) in [5, 5.41) is 0. The molecule has 1 aliphatic rings. The van der Waals surface area contributed by atoms with Gasteiger partial charge in [-0.15, -0.1) is 0 Å². The molecule has 2 rings (SSSR count). The normalized spacial score (nSPS) is 19.0. The summed E-state index contributed by atoms with van der Waals surface area (Å²) in [6, 6.07) is 6.18. The Bertz CT molecular complexity index is 428. The Hall–Kier alpha value is -1.10. The molecule has 1 fully saturated rings. The second-order valence-electron chi connectivity index (χ2n) is 5.59. The van der Waals surface area contributed by atoms with Gasteiger partial charge < -0.3 is 20.1 Å². The van der Waals surface area contributed by atoms with E-state index < -0.39 is 0 Å². The van der Waals surface area contributed by atoms with Gasteiger partial charge in [0.25, 0.3) is 0 Å². The van der Waals surface area contributed by atoms with Gasteiger partial charge >= 0.3 is 0 Å². The summed E-state index contributed by atoms with van der Waals surface area (Å²) in [6.07, 6.45) is 2.60. The molecule has 2 N–H and O–H groups in total. The van der Waals surface area contributed by atoms with Gasteiger partial charge in [0.05, 0.1) is 13.2 Å². The number of aryl methyl sites for hydroxylation is 1. The standard InChI is InChI=1S/C16H26N2O2/c1-12-4-5-16(20-3)14(10-12)15(17)11-18-8-6-13(19-2)7-9-18/h4-5,10,13,15H,6-9,11,17H2,1-3H3. The quantitative estimate of drug-likeness (QED) is 0.896. The summed E-state index contributed by atoms with van der Waals surface area (Å²) in [5.74, 6) is 0.884. The van der Waals surface area contributed by atoms with Crippen LogP contribution in [0.25, 0.3) is 0 Å². The minimum Gasteiger partial charge on any atom is -0.496 e. The molecule has 0 amide bonds. The number of hydrogen-bond acceptors (Lipinski definition) is 4. The average molecular weight is 278 g/mol. The molecular formula is C16H26N2O2. The van der Waals surface area contributed by atoms with Crippen molar-refractivity contribution in [3.8, 4) is 5.75 Å². The largest absolute Gasteiger partial charge is 0.496 e. The Morgan fingerprint density at radius 1 is 1.30 bits per heavy atom. The maximum absolute atomic E-state index is 6.39. The van der Waals surface area contributed by atoms with E-state index in [1.807, 2.05) is 6.07 Å². The number of hydrogen-bond donors (Lipinski definition) is 1. The Morgan fingerprint density at radius 3 is 2.60 bits per heavy atom. The van der Waals surface area contributed by atoms with Gasteiger partial charge in [-0.3, -0.25) is 0 Å². The van der Waals surface area contributed by atoms with Crippen LogP contribution < -0.4 is 10.5 Å². The third-order valence-corrected chi connectivity index (χ3v) is 4.11. The van der Waals surface area contributed by atoms with E-state index in [9.17, 15) is 0 Å². The fraction of sp³-hybridized carbons (Fsp3) is 0.625. The molecular weight excluding hydrogens is 252 g/mol. The topological polar surface area (TPSA) is 47.7 Å². The van der Waals surface area contributed by atoms with Crippen LogP contribution in [0.15, 0.2) is 18.2 Å². The maximum Gasteiger partial charge on any atom is 0.123 e. The zero-order valence-corrected chi connectivity index (χ0v) is 12.8.